The quantitative estimate of drug-likeness (QED) is 0.422. The van der Waals surface area contributed by atoms with E-state index in [1.165, 1.54) is 16.7 Å². The predicted molar refractivity (Wildman–Crippen MR) is 103 cm³/mol. The van der Waals surface area contributed by atoms with Gasteiger partial charge < -0.3 is 0 Å². The zero-order valence-electron chi connectivity index (χ0n) is 12.6. The largest absolute Gasteiger partial charge is 0.234 e. The van der Waals surface area contributed by atoms with E-state index in [0.717, 1.165) is 26.5 Å². The lowest BCUT2D eigenvalue weighted by Gasteiger charge is -2.02. The molecule has 4 aromatic rings. The number of nitrogens with zero attached hydrogens (tertiary/aromatic N) is 2. The van der Waals surface area contributed by atoms with Gasteiger partial charge in [-0.2, -0.15) is 5.26 Å². The van der Waals surface area contributed by atoms with Crippen molar-refractivity contribution in [1.29, 1.82) is 5.26 Å². The number of hydrogen-bond donors (Lipinski definition) is 0. The van der Waals surface area contributed by atoms with E-state index < -0.39 is 0 Å². The third kappa shape index (κ3) is 2.76. The molecule has 0 saturated heterocycles. The summed E-state index contributed by atoms with van der Waals surface area (Å²) in [6.45, 7) is 0. The van der Waals surface area contributed by atoms with Gasteiger partial charge in [0.15, 0.2) is 0 Å². The summed E-state index contributed by atoms with van der Waals surface area (Å²) in [4.78, 5) is 5.76. The van der Waals surface area contributed by atoms with E-state index in [-0.39, 0.29) is 0 Å². The molecule has 114 valence electrons. The number of fused-ring (bicyclic) bond motifs is 1. The molecule has 2 nitrogen and oxygen atoms in total. The Kier molecular flexibility index (Phi) is 3.96. The summed E-state index contributed by atoms with van der Waals surface area (Å²) in [5.74, 6) is 0. The molecule has 4 heteroatoms. The number of nitriles is 1. The van der Waals surface area contributed by atoms with E-state index in [1.54, 1.807) is 11.3 Å². The second-order valence-electron chi connectivity index (χ2n) is 5.25. The van der Waals surface area contributed by atoms with Gasteiger partial charge in [-0.15, -0.1) is 22.7 Å². The van der Waals surface area contributed by atoms with Crippen LogP contribution in [0.3, 0.4) is 0 Å². The van der Waals surface area contributed by atoms with Crippen LogP contribution in [0.1, 0.15) is 10.6 Å². The number of hydrogen-bond acceptors (Lipinski definition) is 4. The van der Waals surface area contributed by atoms with E-state index in [4.69, 9.17) is 0 Å². The highest BCUT2D eigenvalue weighted by Crippen LogP contribution is 2.30. The van der Waals surface area contributed by atoms with Crippen molar-refractivity contribution in [3.05, 3.63) is 75.9 Å². The van der Waals surface area contributed by atoms with Crippen molar-refractivity contribution >= 4 is 45.1 Å². The Morgan fingerprint density at radius 1 is 1.00 bits per heavy atom. The number of allylic oxidation sites excluding steroid dienone is 1. The van der Waals surface area contributed by atoms with E-state index in [1.807, 2.05) is 53.2 Å². The highest BCUT2D eigenvalue weighted by Gasteiger charge is 2.10. The maximum atomic E-state index is 9.60. The molecule has 0 aliphatic heterocycles. The standard InChI is InChI=1S/C20H12N2S2/c21-12-16(20-22-18(13-24-20)19-9-4-10-23-19)11-15-7-3-6-14-5-1-2-8-17(14)15/h1-11,13H. The summed E-state index contributed by atoms with van der Waals surface area (Å²) in [6.07, 6.45) is 1.93. The van der Waals surface area contributed by atoms with Gasteiger partial charge >= 0.3 is 0 Å². The van der Waals surface area contributed by atoms with Crippen LogP contribution < -0.4 is 0 Å². The fourth-order valence-corrected chi connectivity index (χ4v) is 4.15. The monoisotopic (exact) mass is 344 g/mol. The van der Waals surface area contributed by atoms with Crippen LogP contribution in [0.4, 0.5) is 0 Å². The lowest BCUT2D eigenvalue weighted by molar-refractivity contribution is 1.38. The summed E-state index contributed by atoms with van der Waals surface area (Å²) >= 11 is 3.17. The Bertz CT molecular complexity index is 1060. The Balaban J connectivity index is 1.78. The molecule has 2 aromatic heterocycles. The third-order valence-corrected chi connectivity index (χ3v) is 5.52. The molecule has 0 radical (unpaired) electrons. The number of benzene rings is 2. The van der Waals surface area contributed by atoms with Crippen LogP contribution in [-0.4, -0.2) is 4.98 Å². The van der Waals surface area contributed by atoms with E-state index in [2.05, 4.69) is 29.3 Å². The zero-order valence-corrected chi connectivity index (χ0v) is 14.3. The summed E-state index contributed by atoms with van der Waals surface area (Å²) in [6, 6.07) is 20.7. The van der Waals surface area contributed by atoms with Crippen molar-refractivity contribution in [2.24, 2.45) is 0 Å². The number of rotatable bonds is 3. The van der Waals surface area contributed by atoms with Crippen LogP contribution in [-0.2, 0) is 0 Å². The highest BCUT2D eigenvalue weighted by atomic mass is 32.1. The fraction of sp³-hybridized carbons (Fsp3) is 0. The second kappa shape index (κ2) is 6.40. The molecular formula is C20H12N2S2. The lowest BCUT2D eigenvalue weighted by atomic mass is 10.0. The molecule has 0 amide bonds. The maximum absolute atomic E-state index is 9.60. The molecular weight excluding hydrogens is 332 g/mol. The van der Waals surface area contributed by atoms with Crippen LogP contribution in [0.15, 0.2) is 65.4 Å². The third-order valence-electron chi connectivity index (χ3n) is 3.75. The zero-order chi connectivity index (χ0) is 16.4. The number of thiophene rings is 1. The fourth-order valence-electron chi connectivity index (χ4n) is 2.61. The number of aromatic nitrogens is 1. The van der Waals surface area contributed by atoms with Crippen molar-refractivity contribution in [3.8, 4) is 16.6 Å². The first-order valence-electron chi connectivity index (χ1n) is 7.44. The summed E-state index contributed by atoms with van der Waals surface area (Å²) in [7, 11) is 0. The normalized spacial score (nSPS) is 11.5. The van der Waals surface area contributed by atoms with Gasteiger partial charge in [-0.3, -0.25) is 0 Å². The van der Waals surface area contributed by atoms with Gasteiger partial charge in [-0.1, -0.05) is 48.5 Å². The van der Waals surface area contributed by atoms with Gasteiger partial charge in [0.2, 0.25) is 0 Å². The molecule has 4 rings (SSSR count). The molecule has 0 bridgehead atoms. The molecule has 24 heavy (non-hydrogen) atoms. The van der Waals surface area contributed by atoms with E-state index in [0.29, 0.717) is 5.57 Å². The molecule has 0 unspecified atom stereocenters. The SMILES string of the molecule is N#CC(=Cc1cccc2ccccc12)c1nc(-c2cccs2)cs1. The minimum atomic E-state index is 0.596. The van der Waals surface area contributed by atoms with Crippen LogP contribution in [0, 0.1) is 11.3 Å². The molecule has 0 aliphatic rings. The van der Waals surface area contributed by atoms with Gasteiger partial charge in [0.25, 0.3) is 0 Å². The molecule has 0 fully saturated rings. The molecule has 2 aromatic carbocycles. The van der Waals surface area contributed by atoms with E-state index >= 15 is 0 Å². The first-order chi connectivity index (χ1) is 11.8. The van der Waals surface area contributed by atoms with Crippen molar-refractivity contribution < 1.29 is 0 Å². The van der Waals surface area contributed by atoms with Crippen LogP contribution in [0.25, 0.3) is 33.0 Å². The smallest absolute Gasteiger partial charge is 0.134 e. The molecule has 0 saturated carbocycles. The van der Waals surface area contributed by atoms with Crippen LogP contribution in [0.5, 0.6) is 0 Å². The molecule has 0 N–H and O–H groups in total. The van der Waals surface area contributed by atoms with Gasteiger partial charge in [-0.25, -0.2) is 4.98 Å². The van der Waals surface area contributed by atoms with Crippen LogP contribution >= 0.6 is 22.7 Å². The Hall–Kier alpha value is -2.74. The topological polar surface area (TPSA) is 36.7 Å². The summed E-state index contributed by atoms with van der Waals surface area (Å²) < 4.78 is 0. The summed E-state index contributed by atoms with van der Waals surface area (Å²) in [5, 5.41) is 16.7. The van der Waals surface area contributed by atoms with Crippen molar-refractivity contribution in [2.75, 3.05) is 0 Å². The maximum Gasteiger partial charge on any atom is 0.134 e. The Morgan fingerprint density at radius 2 is 1.88 bits per heavy atom. The second-order valence-corrected chi connectivity index (χ2v) is 7.06. The average molecular weight is 344 g/mol. The number of thiazole rings is 1. The first kappa shape index (κ1) is 14.8. The Labute approximate surface area is 148 Å². The molecule has 0 atom stereocenters. The Morgan fingerprint density at radius 3 is 2.71 bits per heavy atom. The van der Waals surface area contributed by atoms with Crippen molar-refractivity contribution in [1.82, 2.24) is 4.98 Å². The predicted octanol–water partition coefficient (Wildman–Crippen LogP) is 6.09. The minimum absolute atomic E-state index is 0.596. The first-order valence-corrected chi connectivity index (χ1v) is 9.20. The molecule has 0 aliphatic carbocycles. The van der Waals surface area contributed by atoms with E-state index in [9.17, 15) is 5.26 Å². The van der Waals surface area contributed by atoms with Gasteiger partial charge in [0, 0.05) is 5.38 Å². The van der Waals surface area contributed by atoms with Crippen molar-refractivity contribution in [2.45, 2.75) is 0 Å². The molecule has 2 heterocycles. The average Bonchev–Trinajstić information content (AvgIpc) is 3.31. The summed E-state index contributed by atoms with van der Waals surface area (Å²) in [5.41, 5.74) is 2.57. The van der Waals surface area contributed by atoms with Crippen LogP contribution in [0.2, 0.25) is 0 Å². The van der Waals surface area contributed by atoms with Gasteiger partial charge in [-0.05, 0) is 33.9 Å². The highest BCUT2D eigenvalue weighted by molar-refractivity contribution is 7.14. The van der Waals surface area contributed by atoms with Gasteiger partial charge in [0.1, 0.15) is 11.1 Å². The minimum Gasteiger partial charge on any atom is -0.234 e. The lowest BCUT2D eigenvalue weighted by Crippen LogP contribution is -1.83. The van der Waals surface area contributed by atoms with Crippen molar-refractivity contribution in [3.63, 3.8) is 0 Å². The molecule has 0 spiro atoms. The van der Waals surface area contributed by atoms with Gasteiger partial charge in [0.05, 0.1) is 16.1 Å².